The Morgan fingerprint density at radius 2 is 1.56 bits per heavy atom. The minimum absolute atomic E-state index is 0.0241. The molecule has 2 saturated heterocycles. The summed E-state index contributed by atoms with van der Waals surface area (Å²) in [6.07, 6.45) is 1.66. The molecule has 0 saturated carbocycles. The van der Waals surface area contributed by atoms with Crippen LogP contribution in [0.1, 0.15) is 41.9 Å². The van der Waals surface area contributed by atoms with E-state index in [0.717, 1.165) is 23.3 Å². The molecule has 0 bridgehead atoms. The molecule has 170 valence electrons. The molecule has 7 heteroatoms. The van der Waals surface area contributed by atoms with Crippen molar-refractivity contribution in [1.29, 1.82) is 0 Å². The molecule has 0 unspecified atom stereocenters. The number of carbonyl (C=O) groups excluding carboxylic acids is 3. The monoisotopic (exact) mass is 453 g/mol. The number of hydrogen-bond donors (Lipinski definition) is 0. The van der Waals surface area contributed by atoms with E-state index in [1.54, 1.807) is 0 Å². The minimum Gasteiger partial charge on any atom is -0.339 e. The lowest BCUT2D eigenvalue weighted by Crippen LogP contribution is -2.56. The first kappa shape index (κ1) is 22.5. The fourth-order valence-electron chi connectivity index (χ4n) is 4.68. The molecular formula is C25H31N3O3S. The van der Waals surface area contributed by atoms with Crippen LogP contribution >= 0.6 is 11.3 Å². The Hall–Kier alpha value is -2.67. The van der Waals surface area contributed by atoms with Crippen molar-refractivity contribution in [2.45, 2.75) is 32.1 Å². The van der Waals surface area contributed by atoms with Gasteiger partial charge in [-0.25, -0.2) is 0 Å². The third-order valence-corrected chi connectivity index (χ3v) is 7.56. The topological polar surface area (TPSA) is 60.9 Å². The number of nitrogens with zero attached hydrogens (tertiary/aromatic N) is 3. The van der Waals surface area contributed by atoms with E-state index < -0.39 is 5.41 Å². The van der Waals surface area contributed by atoms with E-state index in [9.17, 15) is 14.4 Å². The Kier molecular flexibility index (Phi) is 6.65. The van der Waals surface area contributed by atoms with Crippen molar-refractivity contribution in [3.63, 3.8) is 0 Å². The Bertz CT molecular complexity index is 950. The molecule has 3 amide bonds. The van der Waals surface area contributed by atoms with Crippen LogP contribution in [-0.4, -0.2) is 71.7 Å². The summed E-state index contributed by atoms with van der Waals surface area (Å²) in [5.41, 5.74) is 0.403. The second kappa shape index (κ2) is 9.45. The lowest BCUT2D eigenvalue weighted by atomic mass is 9.83. The molecule has 1 atom stereocenters. The van der Waals surface area contributed by atoms with E-state index in [0.29, 0.717) is 39.3 Å². The highest BCUT2D eigenvalue weighted by Crippen LogP contribution is 2.27. The molecule has 2 fully saturated rings. The molecule has 1 aromatic heterocycles. The number of piperazine rings is 1. The van der Waals surface area contributed by atoms with Gasteiger partial charge in [-0.2, -0.15) is 0 Å². The summed E-state index contributed by atoms with van der Waals surface area (Å²) < 4.78 is 0. The van der Waals surface area contributed by atoms with Crippen molar-refractivity contribution in [1.82, 2.24) is 14.7 Å². The molecule has 2 aliphatic rings. The molecule has 6 nitrogen and oxygen atoms in total. The van der Waals surface area contributed by atoms with E-state index in [1.807, 2.05) is 76.4 Å². The summed E-state index contributed by atoms with van der Waals surface area (Å²) in [6, 6.07) is 13.6. The standard InChI is InChI=1S/C25H31N3O3S/c1-25(2,20-9-4-3-5-10-20)24(31)27-15-13-26(14-16-27)22(29)19-8-6-12-28(18-19)23(30)21-11-7-17-32-21/h3-5,7,9-11,17,19H,6,8,12-16,18H2,1-2H3/t19-/m1/s1. The molecule has 4 rings (SSSR count). The molecular weight excluding hydrogens is 422 g/mol. The third kappa shape index (κ3) is 4.58. The van der Waals surface area contributed by atoms with Gasteiger partial charge in [0, 0.05) is 39.3 Å². The highest BCUT2D eigenvalue weighted by molar-refractivity contribution is 7.12. The molecule has 0 N–H and O–H groups in total. The average molecular weight is 454 g/mol. The van der Waals surface area contributed by atoms with E-state index in [-0.39, 0.29) is 23.6 Å². The van der Waals surface area contributed by atoms with Gasteiger partial charge in [0.1, 0.15) is 0 Å². The Morgan fingerprint density at radius 3 is 2.22 bits per heavy atom. The van der Waals surface area contributed by atoms with Crippen LogP contribution < -0.4 is 0 Å². The Morgan fingerprint density at radius 1 is 0.875 bits per heavy atom. The third-order valence-electron chi connectivity index (χ3n) is 6.70. The number of rotatable bonds is 4. The molecule has 0 spiro atoms. The van der Waals surface area contributed by atoms with Crippen LogP contribution in [0.5, 0.6) is 0 Å². The van der Waals surface area contributed by atoms with Gasteiger partial charge in [0.15, 0.2) is 0 Å². The van der Waals surface area contributed by atoms with Gasteiger partial charge >= 0.3 is 0 Å². The number of piperidine rings is 1. The van der Waals surface area contributed by atoms with Gasteiger partial charge in [-0.3, -0.25) is 14.4 Å². The zero-order chi connectivity index (χ0) is 22.7. The van der Waals surface area contributed by atoms with Crippen molar-refractivity contribution in [2.24, 2.45) is 5.92 Å². The molecule has 0 aliphatic carbocycles. The number of thiophene rings is 1. The smallest absolute Gasteiger partial charge is 0.263 e. The first-order chi connectivity index (χ1) is 15.4. The zero-order valence-corrected chi connectivity index (χ0v) is 19.6. The van der Waals surface area contributed by atoms with Crippen molar-refractivity contribution in [2.75, 3.05) is 39.3 Å². The maximum atomic E-state index is 13.2. The van der Waals surface area contributed by atoms with Crippen LogP contribution in [0.15, 0.2) is 47.8 Å². The minimum atomic E-state index is -0.598. The van der Waals surface area contributed by atoms with E-state index >= 15 is 0 Å². The molecule has 3 heterocycles. The van der Waals surface area contributed by atoms with Crippen molar-refractivity contribution in [3.8, 4) is 0 Å². The quantitative estimate of drug-likeness (QED) is 0.714. The van der Waals surface area contributed by atoms with E-state index in [2.05, 4.69) is 0 Å². The van der Waals surface area contributed by atoms with Crippen LogP contribution in [-0.2, 0) is 15.0 Å². The molecule has 2 aliphatic heterocycles. The lowest BCUT2D eigenvalue weighted by Gasteiger charge is -2.41. The predicted molar refractivity (Wildman–Crippen MR) is 126 cm³/mol. The van der Waals surface area contributed by atoms with Gasteiger partial charge in [0.05, 0.1) is 16.2 Å². The SMILES string of the molecule is CC(C)(C(=O)N1CCN(C(=O)[C@@H]2CCCN(C(=O)c3cccs3)C2)CC1)c1ccccc1. The van der Waals surface area contributed by atoms with Gasteiger partial charge in [0.2, 0.25) is 11.8 Å². The molecule has 1 aromatic carbocycles. The van der Waals surface area contributed by atoms with Crippen LogP contribution in [0, 0.1) is 5.92 Å². The van der Waals surface area contributed by atoms with Gasteiger partial charge in [0.25, 0.3) is 5.91 Å². The fraction of sp³-hybridized carbons (Fsp3) is 0.480. The summed E-state index contributed by atoms with van der Waals surface area (Å²) in [5, 5.41) is 1.90. The number of hydrogen-bond acceptors (Lipinski definition) is 4. The molecule has 2 aromatic rings. The number of benzene rings is 1. The maximum Gasteiger partial charge on any atom is 0.263 e. The van der Waals surface area contributed by atoms with E-state index in [4.69, 9.17) is 0 Å². The summed E-state index contributed by atoms with van der Waals surface area (Å²) in [4.78, 5) is 45.4. The van der Waals surface area contributed by atoms with Crippen LogP contribution in [0.3, 0.4) is 0 Å². The lowest BCUT2D eigenvalue weighted by molar-refractivity contribution is -0.145. The van der Waals surface area contributed by atoms with Crippen molar-refractivity contribution >= 4 is 29.1 Å². The summed E-state index contributed by atoms with van der Waals surface area (Å²) in [5.74, 6) is 0.0796. The van der Waals surface area contributed by atoms with Gasteiger partial charge in [-0.05, 0) is 43.7 Å². The second-order valence-corrected chi connectivity index (χ2v) is 10.1. The Balaban J connectivity index is 1.33. The van der Waals surface area contributed by atoms with Gasteiger partial charge in [-0.15, -0.1) is 11.3 Å². The normalized spacial score (nSPS) is 19.7. The largest absolute Gasteiger partial charge is 0.339 e. The van der Waals surface area contributed by atoms with Crippen LogP contribution in [0.2, 0.25) is 0 Å². The van der Waals surface area contributed by atoms with Crippen molar-refractivity contribution < 1.29 is 14.4 Å². The fourth-order valence-corrected chi connectivity index (χ4v) is 5.37. The van der Waals surface area contributed by atoms with Gasteiger partial charge in [-0.1, -0.05) is 36.4 Å². The first-order valence-corrected chi connectivity index (χ1v) is 12.2. The average Bonchev–Trinajstić information content (AvgIpc) is 3.38. The molecule has 0 radical (unpaired) electrons. The second-order valence-electron chi connectivity index (χ2n) is 9.18. The summed E-state index contributed by atoms with van der Waals surface area (Å²) >= 11 is 1.44. The highest BCUT2D eigenvalue weighted by atomic mass is 32.1. The van der Waals surface area contributed by atoms with E-state index in [1.165, 1.54) is 11.3 Å². The zero-order valence-electron chi connectivity index (χ0n) is 18.8. The molecule has 32 heavy (non-hydrogen) atoms. The maximum absolute atomic E-state index is 13.2. The summed E-state index contributed by atoms with van der Waals surface area (Å²) in [6.45, 7) is 7.30. The summed E-state index contributed by atoms with van der Waals surface area (Å²) in [7, 11) is 0. The predicted octanol–water partition coefficient (Wildman–Crippen LogP) is 3.25. The van der Waals surface area contributed by atoms with Crippen LogP contribution in [0.4, 0.5) is 0 Å². The van der Waals surface area contributed by atoms with Gasteiger partial charge < -0.3 is 14.7 Å². The van der Waals surface area contributed by atoms with Crippen LogP contribution in [0.25, 0.3) is 0 Å². The highest BCUT2D eigenvalue weighted by Gasteiger charge is 2.37. The number of amides is 3. The number of likely N-dealkylation sites (tertiary alicyclic amines) is 1. The first-order valence-electron chi connectivity index (χ1n) is 11.3. The Labute approximate surface area is 193 Å². The number of carbonyl (C=O) groups is 3. The van der Waals surface area contributed by atoms with Crippen molar-refractivity contribution in [3.05, 3.63) is 58.3 Å².